The first-order valence-corrected chi connectivity index (χ1v) is 5.56. The van der Waals surface area contributed by atoms with Gasteiger partial charge in [0.25, 0.3) is 0 Å². The summed E-state index contributed by atoms with van der Waals surface area (Å²) >= 11 is 0. The summed E-state index contributed by atoms with van der Waals surface area (Å²) in [6.45, 7) is 5.77. The third-order valence-corrected chi connectivity index (χ3v) is 2.48. The van der Waals surface area contributed by atoms with Crippen molar-refractivity contribution in [3.63, 3.8) is 0 Å². The molecular formula is C12H16F3NO. The summed E-state index contributed by atoms with van der Waals surface area (Å²) in [4.78, 5) is 0. The molecular weight excluding hydrogens is 231 g/mol. The smallest absolute Gasteiger partial charge is 0.205 e. The molecule has 1 aliphatic rings. The van der Waals surface area contributed by atoms with E-state index in [4.69, 9.17) is 0 Å². The van der Waals surface area contributed by atoms with Gasteiger partial charge in [-0.2, -0.15) is 4.39 Å². The molecule has 17 heavy (non-hydrogen) atoms. The molecule has 1 atom stereocenters. The minimum absolute atomic E-state index is 0.0849. The standard InChI is InChI=1S/C10H10F3NO.C2H6/c1-4-3-5-6(11)10(15-2)8(13)7(12)9(5)14-4;1-2/h4,14H,3H2,1-2H3;1-2H3. The lowest BCUT2D eigenvalue weighted by atomic mass is 10.1. The summed E-state index contributed by atoms with van der Waals surface area (Å²) in [6.07, 6.45) is 0.328. The minimum Gasteiger partial charge on any atom is -0.491 e. The van der Waals surface area contributed by atoms with Crippen LogP contribution in [0.5, 0.6) is 5.75 Å². The number of anilines is 1. The fourth-order valence-corrected chi connectivity index (χ4v) is 1.81. The van der Waals surface area contributed by atoms with E-state index in [9.17, 15) is 13.2 Å². The molecule has 0 bridgehead atoms. The van der Waals surface area contributed by atoms with Crippen LogP contribution in [-0.2, 0) is 6.42 Å². The molecule has 1 aromatic carbocycles. The molecule has 5 heteroatoms. The Hall–Kier alpha value is -1.39. The summed E-state index contributed by atoms with van der Waals surface area (Å²) in [7, 11) is 1.11. The molecule has 0 spiro atoms. The second-order valence-electron chi connectivity index (χ2n) is 3.58. The van der Waals surface area contributed by atoms with Crippen molar-refractivity contribution in [2.24, 2.45) is 0 Å². The van der Waals surface area contributed by atoms with Crippen molar-refractivity contribution in [2.75, 3.05) is 12.4 Å². The van der Waals surface area contributed by atoms with Crippen molar-refractivity contribution in [1.29, 1.82) is 0 Å². The van der Waals surface area contributed by atoms with Gasteiger partial charge in [-0.15, -0.1) is 0 Å². The van der Waals surface area contributed by atoms with Crippen LogP contribution in [-0.4, -0.2) is 13.2 Å². The zero-order valence-corrected chi connectivity index (χ0v) is 10.3. The van der Waals surface area contributed by atoms with E-state index in [-0.39, 0.29) is 17.3 Å². The van der Waals surface area contributed by atoms with Gasteiger partial charge in [0, 0.05) is 11.6 Å². The quantitative estimate of drug-likeness (QED) is 0.767. The van der Waals surface area contributed by atoms with Gasteiger partial charge in [-0.25, -0.2) is 8.78 Å². The molecule has 0 radical (unpaired) electrons. The van der Waals surface area contributed by atoms with E-state index in [2.05, 4.69) is 10.1 Å². The Morgan fingerprint density at radius 2 is 1.71 bits per heavy atom. The van der Waals surface area contributed by atoms with Gasteiger partial charge < -0.3 is 10.1 Å². The minimum atomic E-state index is -1.28. The largest absolute Gasteiger partial charge is 0.491 e. The van der Waals surface area contributed by atoms with Crippen molar-refractivity contribution in [2.45, 2.75) is 33.2 Å². The maximum absolute atomic E-state index is 13.6. The summed E-state index contributed by atoms with van der Waals surface area (Å²) in [5, 5.41) is 2.69. The highest BCUT2D eigenvalue weighted by Crippen LogP contribution is 2.38. The zero-order chi connectivity index (χ0) is 13.2. The number of methoxy groups -OCH3 is 1. The normalized spacial score (nSPS) is 16.8. The van der Waals surface area contributed by atoms with Crippen LogP contribution < -0.4 is 10.1 Å². The Kier molecular flexibility index (Phi) is 4.26. The molecule has 0 aliphatic carbocycles. The van der Waals surface area contributed by atoms with E-state index in [1.807, 2.05) is 13.8 Å². The van der Waals surface area contributed by atoms with Gasteiger partial charge in [0.2, 0.25) is 5.82 Å². The summed E-state index contributed by atoms with van der Waals surface area (Å²) in [6, 6.07) is -0.101. The topological polar surface area (TPSA) is 21.3 Å². The number of rotatable bonds is 1. The maximum Gasteiger partial charge on any atom is 0.205 e. The lowest BCUT2D eigenvalue weighted by molar-refractivity contribution is 0.346. The predicted molar refractivity (Wildman–Crippen MR) is 61.0 cm³/mol. The highest BCUT2D eigenvalue weighted by molar-refractivity contribution is 5.61. The second kappa shape index (κ2) is 5.29. The van der Waals surface area contributed by atoms with Crippen LogP contribution in [0, 0.1) is 17.5 Å². The van der Waals surface area contributed by atoms with E-state index in [0.717, 1.165) is 7.11 Å². The van der Waals surface area contributed by atoms with E-state index in [0.29, 0.717) is 6.42 Å². The van der Waals surface area contributed by atoms with Gasteiger partial charge in [0.1, 0.15) is 0 Å². The Labute approximate surface area is 98.8 Å². The van der Waals surface area contributed by atoms with E-state index in [1.165, 1.54) is 0 Å². The first-order chi connectivity index (χ1) is 8.06. The number of nitrogens with one attached hydrogen (secondary N) is 1. The molecule has 1 N–H and O–H groups in total. The Morgan fingerprint density at radius 1 is 1.12 bits per heavy atom. The molecule has 2 nitrogen and oxygen atoms in total. The maximum atomic E-state index is 13.6. The van der Waals surface area contributed by atoms with Crippen molar-refractivity contribution >= 4 is 5.69 Å². The van der Waals surface area contributed by atoms with Crippen LogP contribution in [0.15, 0.2) is 0 Å². The van der Waals surface area contributed by atoms with Crippen LogP contribution in [0.25, 0.3) is 0 Å². The number of benzene rings is 1. The summed E-state index contributed by atoms with van der Waals surface area (Å²) in [5.41, 5.74) is 0.0663. The lowest BCUT2D eigenvalue weighted by Crippen LogP contribution is -2.09. The molecule has 0 saturated heterocycles. The van der Waals surface area contributed by atoms with Gasteiger partial charge in [-0.1, -0.05) is 13.8 Å². The zero-order valence-electron chi connectivity index (χ0n) is 10.3. The first kappa shape index (κ1) is 13.7. The predicted octanol–water partition coefficient (Wildman–Crippen LogP) is 3.50. The molecule has 96 valence electrons. The number of hydrogen-bond donors (Lipinski definition) is 1. The number of ether oxygens (including phenoxy) is 1. The molecule has 1 aliphatic heterocycles. The van der Waals surface area contributed by atoms with Gasteiger partial charge in [0.05, 0.1) is 12.8 Å². The molecule has 1 unspecified atom stereocenters. The first-order valence-electron chi connectivity index (χ1n) is 5.56. The third-order valence-electron chi connectivity index (χ3n) is 2.48. The number of halogens is 3. The number of fused-ring (bicyclic) bond motifs is 1. The SMILES string of the molecule is CC.COc1c(F)c(F)c2c(c1F)CC(C)N2. The van der Waals surface area contributed by atoms with Crippen LogP contribution >= 0.6 is 0 Å². The molecule has 0 saturated carbocycles. The van der Waals surface area contributed by atoms with Crippen LogP contribution in [0.1, 0.15) is 26.3 Å². The lowest BCUT2D eigenvalue weighted by Gasteiger charge is -2.09. The van der Waals surface area contributed by atoms with Crippen LogP contribution in [0.2, 0.25) is 0 Å². The molecule has 0 fully saturated rings. The average molecular weight is 247 g/mol. The third kappa shape index (κ3) is 2.18. The summed E-state index contributed by atoms with van der Waals surface area (Å²) in [5.74, 6) is -3.83. The highest BCUT2D eigenvalue weighted by Gasteiger charge is 2.30. The molecule has 0 amide bonds. The fourth-order valence-electron chi connectivity index (χ4n) is 1.81. The van der Waals surface area contributed by atoms with E-state index < -0.39 is 23.2 Å². The van der Waals surface area contributed by atoms with Gasteiger partial charge in [0.15, 0.2) is 17.4 Å². The van der Waals surface area contributed by atoms with Gasteiger partial charge >= 0.3 is 0 Å². The molecule has 1 heterocycles. The van der Waals surface area contributed by atoms with E-state index in [1.54, 1.807) is 6.92 Å². The Balaban J connectivity index is 0.000000686. The Bertz CT molecular complexity index is 421. The second-order valence-corrected chi connectivity index (χ2v) is 3.58. The molecule has 1 aromatic rings. The highest BCUT2D eigenvalue weighted by atomic mass is 19.2. The average Bonchev–Trinajstić information content (AvgIpc) is 2.72. The van der Waals surface area contributed by atoms with Crippen molar-refractivity contribution in [3.05, 3.63) is 23.0 Å². The van der Waals surface area contributed by atoms with Gasteiger partial charge in [-0.3, -0.25) is 0 Å². The van der Waals surface area contributed by atoms with Crippen molar-refractivity contribution in [3.8, 4) is 5.75 Å². The van der Waals surface area contributed by atoms with Crippen LogP contribution in [0.4, 0.5) is 18.9 Å². The number of hydrogen-bond acceptors (Lipinski definition) is 2. The van der Waals surface area contributed by atoms with Crippen molar-refractivity contribution < 1.29 is 17.9 Å². The molecule has 0 aromatic heterocycles. The van der Waals surface area contributed by atoms with E-state index >= 15 is 0 Å². The van der Waals surface area contributed by atoms with Gasteiger partial charge in [-0.05, 0) is 13.3 Å². The summed E-state index contributed by atoms with van der Waals surface area (Å²) < 4.78 is 44.8. The Morgan fingerprint density at radius 3 is 2.24 bits per heavy atom. The van der Waals surface area contributed by atoms with Crippen molar-refractivity contribution in [1.82, 2.24) is 0 Å². The monoisotopic (exact) mass is 247 g/mol. The van der Waals surface area contributed by atoms with Crippen LogP contribution in [0.3, 0.4) is 0 Å². The fraction of sp³-hybridized carbons (Fsp3) is 0.500. The molecule has 2 rings (SSSR count).